The van der Waals surface area contributed by atoms with E-state index in [2.05, 4.69) is 27.5 Å². The fraction of sp³-hybridized carbons (Fsp3) is 0.593. The third-order valence-corrected chi connectivity index (χ3v) is 8.53. The number of anilines is 1. The molecule has 1 N–H and O–H groups in total. The summed E-state index contributed by atoms with van der Waals surface area (Å²) in [6.07, 6.45) is 14.8. The molecule has 0 radical (unpaired) electrons. The fourth-order valence-electron chi connectivity index (χ4n) is 6.70. The number of hydrogen-bond acceptors (Lipinski definition) is 6. The van der Waals surface area contributed by atoms with Crippen molar-refractivity contribution in [2.75, 3.05) is 25.5 Å². The Hall–Kier alpha value is -2.74. The van der Waals surface area contributed by atoms with Crippen molar-refractivity contribution >= 4 is 11.6 Å². The molecule has 0 bridgehead atoms. The van der Waals surface area contributed by atoms with Gasteiger partial charge in [0, 0.05) is 41.9 Å². The molecule has 1 aromatic carbocycles. The summed E-state index contributed by atoms with van der Waals surface area (Å²) in [5, 5.41) is 12.1. The Balaban J connectivity index is 1.29. The van der Waals surface area contributed by atoms with Gasteiger partial charge in [-0.25, -0.2) is 9.37 Å². The van der Waals surface area contributed by atoms with E-state index in [9.17, 15) is 4.39 Å². The van der Waals surface area contributed by atoms with E-state index in [4.69, 9.17) is 9.72 Å². The van der Waals surface area contributed by atoms with Crippen LogP contribution < -0.4 is 10.1 Å². The maximum atomic E-state index is 14.6. The molecule has 8 heteroatoms. The lowest BCUT2D eigenvalue weighted by atomic mass is 9.73. The average Bonchev–Trinajstić information content (AvgIpc) is 3.55. The van der Waals surface area contributed by atoms with Crippen LogP contribution in [-0.2, 0) is 13.0 Å². The van der Waals surface area contributed by atoms with Crippen LogP contribution in [0.5, 0.6) is 5.75 Å². The quantitative estimate of drug-likeness (QED) is 0.572. The summed E-state index contributed by atoms with van der Waals surface area (Å²) < 4.78 is 22.2. The molecule has 186 valence electrons. The first-order valence-corrected chi connectivity index (χ1v) is 13.3. The molecule has 3 aromatic rings. The number of aromatic nitrogens is 4. The summed E-state index contributed by atoms with van der Waals surface area (Å²) >= 11 is 0. The third kappa shape index (κ3) is 4.26. The molecule has 6 rings (SSSR count). The van der Waals surface area contributed by atoms with E-state index < -0.39 is 0 Å². The zero-order valence-corrected chi connectivity index (χ0v) is 20.5. The van der Waals surface area contributed by atoms with Crippen LogP contribution in [0, 0.1) is 11.7 Å². The summed E-state index contributed by atoms with van der Waals surface area (Å²) in [6, 6.07) is 3.83. The number of likely N-dealkylation sites (tertiary alicyclic amines) is 1. The normalized spacial score (nSPS) is 25.3. The molecule has 3 atom stereocenters. The summed E-state index contributed by atoms with van der Waals surface area (Å²) in [6.45, 7) is 2.05. The van der Waals surface area contributed by atoms with E-state index >= 15 is 0 Å². The van der Waals surface area contributed by atoms with Crippen LogP contribution >= 0.6 is 0 Å². The molecule has 3 unspecified atom stereocenters. The van der Waals surface area contributed by atoms with Crippen LogP contribution in [0.1, 0.15) is 74.0 Å². The van der Waals surface area contributed by atoms with Crippen molar-refractivity contribution < 1.29 is 9.13 Å². The van der Waals surface area contributed by atoms with E-state index in [0.717, 1.165) is 36.3 Å². The highest BCUT2D eigenvalue weighted by Gasteiger charge is 2.38. The van der Waals surface area contributed by atoms with Crippen molar-refractivity contribution in [1.29, 1.82) is 0 Å². The summed E-state index contributed by atoms with van der Waals surface area (Å²) in [5.74, 6) is 2.27. The molecule has 1 aliphatic carbocycles. The second-order valence-electron chi connectivity index (χ2n) is 10.5. The predicted molar refractivity (Wildman–Crippen MR) is 133 cm³/mol. The van der Waals surface area contributed by atoms with E-state index in [0.29, 0.717) is 42.5 Å². The highest BCUT2D eigenvalue weighted by molar-refractivity contribution is 5.53. The number of nitrogens with zero attached hydrogens (tertiary/aromatic N) is 5. The van der Waals surface area contributed by atoms with Crippen molar-refractivity contribution in [2.45, 2.75) is 76.3 Å². The number of nitrogens with one attached hydrogen (secondary N) is 1. The fourth-order valence-corrected chi connectivity index (χ4v) is 6.70. The SMILES string of the molecule is CN1CCC(c2cnc(NCc3c(F)ccc4c3CCO4)n3cnnc23)C2CCCCCCCC21. The van der Waals surface area contributed by atoms with Crippen LogP contribution in [-0.4, -0.2) is 50.7 Å². The maximum Gasteiger partial charge on any atom is 0.210 e. The number of fused-ring (bicyclic) bond motifs is 3. The van der Waals surface area contributed by atoms with Gasteiger partial charge in [0.2, 0.25) is 5.95 Å². The molecule has 7 nitrogen and oxygen atoms in total. The zero-order chi connectivity index (χ0) is 23.8. The van der Waals surface area contributed by atoms with E-state index in [-0.39, 0.29) is 5.82 Å². The van der Waals surface area contributed by atoms with Gasteiger partial charge in [0.1, 0.15) is 17.9 Å². The lowest BCUT2D eigenvalue weighted by Gasteiger charge is -2.44. The van der Waals surface area contributed by atoms with E-state index in [1.54, 1.807) is 12.4 Å². The zero-order valence-electron chi connectivity index (χ0n) is 20.5. The molecule has 35 heavy (non-hydrogen) atoms. The molecular weight excluding hydrogens is 443 g/mol. The highest BCUT2D eigenvalue weighted by atomic mass is 19.1. The first-order valence-electron chi connectivity index (χ1n) is 13.3. The Labute approximate surface area is 206 Å². The predicted octanol–water partition coefficient (Wildman–Crippen LogP) is 4.96. The smallest absolute Gasteiger partial charge is 0.210 e. The van der Waals surface area contributed by atoms with Gasteiger partial charge >= 0.3 is 0 Å². The summed E-state index contributed by atoms with van der Waals surface area (Å²) in [4.78, 5) is 7.40. The summed E-state index contributed by atoms with van der Waals surface area (Å²) in [5.41, 5.74) is 3.68. The minimum atomic E-state index is -0.212. The standard InChI is InChI=1S/C27H35FN6O/c1-33-13-11-18(19-7-5-3-2-4-6-8-24(19)33)22-16-30-27(34-17-31-32-26(22)34)29-15-21-20-12-14-35-25(20)10-9-23(21)28/h9-10,16-19,24H,2-8,11-15H2,1H3,(H,29,30). The molecule has 1 saturated carbocycles. The van der Waals surface area contributed by atoms with Gasteiger partial charge < -0.3 is 15.0 Å². The summed E-state index contributed by atoms with van der Waals surface area (Å²) in [7, 11) is 2.30. The van der Waals surface area contributed by atoms with Gasteiger partial charge in [-0.1, -0.05) is 32.1 Å². The Morgan fingerprint density at radius 3 is 2.89 bits per heavy atom. The first kappa shape index (κ1) is 22.7. The van der Waals surface area contributed by atoms with Crippen molar-refractivity contribution in [3.8, 4) is 5.75 Å². The molecule has 1 saturated heterocycles. The van der Waals surface area contributed by atoms with Crippen LogP contribution in [0.25, 0.3) is 5.65 Å². The first-order chi connectivity index (χ1) is 17.2. The highest BCUT2D eigenvalue weighted by Crippen LogP contribution is 2.43. The van der Waals surface area contributed by atoms with Gasteiger partial charge in [-0.2, -0.15) is 0 Å². The Morgan fingerprint density at radius 2 is 1.97 bits per heavy atom. The lowest BCUT2D eigenvalue weighted by molar-refractivity contribution is 0.0867. The molecule has 0 amide bonds. The molecule has 4 heterocycles. The Kier molecular flexibility index (Phi) is 6.31. The topological polar surface area (TPSA) is 67.6 Å². The molecule has 2 aromatic heterocycles. The molecule has 2 fully saturated rings. The minimum Gasteiger partial charge on any atom is -0.493 e. The van der Waals surface area contributed by atoms with Crippen LogP contribution in [0.4, 0.5) is 10.3 Å². The number of ether oxygens (including phenoxy) is 1. The number of hydrogen-bond donors (Lipinski definition) is 1. The Morgan fingerprint density at radius 1 is 1.11 bits per heavy atom. The number of benzene rings is 1. The van der Waals surface area contributed by atoms with Gasteiger partial charge in [0.15, 0.2) is 5.65 Å². The largest absolute Gasteiger partial charge is 0.493 e. The van der Waals surface area contributed by atoms with Gasteiger partial charge in [-0.15, -0.1) is 10.2 Å². The Bertz CT molecular complexity index is 1200. The van der Waals surface area contributed by atoms with Gasteiger partial charge in [0.05, 0.1) is 6.61 Å². The maximum absolute atomic E-state index is 14.6. The third-order valence-electron chi connectivity index (χ3n) is 8.53. The van der Waals surface area contributed by atoms with E-state index in [1.807, 2.05) is 10.6 Å². The average molecular weight is 479 g/mol. The van der Waals surface area contributed by atoms with Crippen molar-refractivity contribution in [2.24, 2.45) is 5.92 Å². The number of halogens is 1. The van der Waals surface area contributed by atoms with Gasteiger partial charge in [-0.05, 0) is 56.8 Å². The van der Waals surface area contributed by atoms with Crippen molar-refractivity contribution in [3.63, 3.8) is 0 Å². The van der Waals surface area contributed by atoms with Crippen LogP contribution in [0.3, 0.4) is 0 Å². The van der Waals surface area contributed by atoms with Crippen LogP contribution in [0.15, 0.2) is 24.7 Å². The molecule has 0 spiro atoms. The van der Waals surface area contributed by atoms with E-state index in [1.165, 1.54) is 56.6 Å². The number of piperidine rings is 1. The molecular formula is C27H35FN6O. The second kappa shape index (κ2) is 9.72. The van der Waals surface area contributed by atoms with Gasteiger partial charge in [0.25, 0.3) is 0 Å². The molecule has 2 aliphatic heterocycles. The van der Waals surface area contributed by atoms with Crippen molar-refractivity contribution in [1.82, 2.24) is 24.5 Å². The molecule has 3 aliphatic rings. The second-order valence-corrected chi connectivity index (χ2v) is 10.5. The monoisotopic (exact) mass is 478 g/mol. The van der Waals surface area contributed by atoms with Gasteiger partial charge in [-0.3, -0.25) is 4.40 Å². The van der Waals surface area contributed by atoms with Crippen molar-refractivity contribution in [3.05, 3.63) is 47.2 Å². The lowest BCUT2D eigenvalue weighted by Crippen LogP contribution is -2.46. The minimum absolute atomic E-state index is 0.212. The van der Waals surface area contributed by atoms with Crippen LogP contribution in [0.2, 0.25) is 0 Å². The number of rotatable bonds is 4.